The second-order valence-corrected chi connectivity index (χ2v) is 8.06. The average molecular weight is 445 g/mol. The van der Waals surface area contributed by atoms with Crippen LogP contribution in [-0.2, 0) is 16.0 Å². The van der Waals surface area contributed by atoms with Gasteiger partial charge in [0.1, 0.15) is 24.1 Å². The molecule has 0 aromatic heterocycles. The fourth-order valence-corrected chi connectivity index (χ4v) is 4.87. The molecule has 3 aromatic rings. The van der Waals surface area contributed by atoms with Gasteiger partial charge in [0, 0.05) is 30.0 Å². The van der Waals surface area contributed by atoms with Gasteiger partial charge in [0.15, 0.2) is 0 Å². The third-order valence-corrected chi connectivity index (χ3v) is 6.40. The maximum absolute atomic E-state index is 13.3. The first kappa shape index (κ1) is 20.9. The molecule has 0 saturated heterocycles. The maximum Gasteiger partial charge on any atom is 0.415 e. The molecule has 1 atom stereocenters. The largest absolute Gasteiger partial charge is 0.497 e. The number of carboxylic acid groups (broad SMARTS) is 1. The fourth-order valence-electron chi connectivity index (χ4n) is 4.87. The highest BCUT2D eigenvalue weighted by Crippen LogP contribution is 2.45. The van der Waals surface area contributed by atoms with E-state index in [1.807, 2.05) is 36.4 Å². The first-order valence-electron chi connectivity index (χ1n) is 10.7. The van der Waals surface area contributed by atoms with Crippen molar-refractivity contribution < 1.29 is 28.9 Å². The van der Waals surface area contributed by atoms with Crippen molar-refractivity contribution in [3.05, 3.63) is 77.4 Å². The lowest BCUT2D eigenvalue weighted by molar-refractivity contribution is -0.138. The Labute approximate surface area is 191 Å². The van der Waals surface area contributed by atoms with Gasteiger partial charge in [-0.3, -0.25) is 4.90 Å². The van der Waals surface area contributed by atoms with Gasteiger partial charge in [-0.2, -0.15) is 0 Å². The zero-order chi connectivity index (χ0) is 23.1. The number of amides is 1. The molecule has 168 valence electrons. The van der Waals surface area contributed by atoms with E-state index in [4.69, 9.17) is 14.2 Å². The van der Waals surface area contributed by atoms with Crippen molar-refractivity contribution in [1.29, 1.82) is 0 Å². The van der Waals surface area contributed by atoms with Crippen LogP contribution in [0.2, 0.25) is 0 Å². The van der Waals surface area contributed by atoms with Crippen LogP contribution in [0.3, 0.4) is 0 Å². The van der Waals surface area contributed by atoms with Crippen LogP contribution in [0.15, 0.2) is 60.7 Å². The number of carboxylic acids is 1. The number of aliphatic carboxylic acids is 1. The van der Waals surface area contributed by atoms with Crippen LogP contribution in [-0.4, -0.2) is 44.0 Å². The van der Waals surface area contributed by atoms with Gasteiger partial charge in [0.05, 0.1) is 19.9 Å². The quantitative estimate of drug-likeness (QED) is 0.624. The van der Waals surface area contributed by atoms with Crippen LogP contribution in [0, 0.1) is 0 Å². The number of hydrogen-bond donors (Lipinski definition) is 1. The van der Waals surface area contributed by atoms with Crippen molar-refractivity contribution in [2.75, 3.05) is 25.7 Å². The Kier molecular flexibility index (Phi) is 5.17. The summed E-state index contributed by atoms with van der Waals surface area (Å²) in [4.78, 5) is 26.5. The molecule has 1 amide bonds. The van der Waals surface area contributed by atoms with Crippen LogP contribution < -0.4 is 14.4 Å². The average Bonchev–Trinajstić information content (AvgIpc) is 3.38. The molecule has 1 heterocycles. The summed E-state index contributed by atoms with van der Waals surface area (Å²) in [6, 6.07) is 18.3. The Hall–Kier alpha value is -4.00. The van der Waals surface area contributed by atoms with E-state index in [0.29, 0.717) is 22.7 Å². The Morgan fingerprint density at radius 3 is 2.18 bits per heavy atom. The number of rotatable bonds is 5. The van der Waals surface area contributed by atoms with Crippen molar-refractivity contribution in [1.82, 2.24) is 0 Å². The first-order chi connectivity index (χ1) is 16.0. The van der Waals surface area contributed by atoms with E-state index in [0.717, 1.165) is 22.3 Å². The van der Waals surface area contributed by atoms with Crippen molar-refractivity contribution in [3.63, 3.8) is 0 Å². The van der Waals surface area contributed by atoms with Gasteiger partial charge in [-0.1, -0.05) is 48.5 Å². The lowest BCUT2D eigenvalue weighted by Gasteiger charge is -2.23. The zero-order valence-corrected chi connectivity index (χ0v) is 18.3. The predicted octanol–water partition coefficient (Wildman–Crippen LogP) is 4.47. The molecule has 7 heteroatoms. The zero-order valence-electron chi connectivity index (χ0n) is 18.3. The summed E-state index contributed by atoms with van der Waals surface area (Å²) < 4.78 is 16.5. The normalized spacial score (nSPS) is 16.1. The van der Waals surface area contributed by atoms with Crippen LogP contribution in [0.5, 0.6) is 11.5 Å². The molecule has 1 aliphatic heterocycles. The van der Waals surface area contributed by atoms with Gasteiger partial charge >= 0.3 is 12.1 Å². The highest BCUT2D eigenvalue weighted by molar-refractivity contribution is 5.99. The monoisotopic (exact) mass is 445 g/mol. The Morgan fingerprint density at radius 1 is 0.970 bits per heavy atom. The topological polar surface area (TPSA) is 85.3 Å². The number of nitrogens with zero attached hydrogens (tertiary/aromatic N) is 1. The second-order valence-electron chi connectivity index (χ2n) is 8.06. The number of fused-ring (bicyclic) bond motifs is 4. The minimum atomic E-state index is -1.11. The van der Waals surface area contributed by atoms with E-state index < -0.39 is 18.1 Å². The van der Waals surface area contributed by atoms with Crippen LogP contribution >= 0.6 is 0 Å². The van der Waals surface area contributed by atoms with E-state index in [1.165, 1.54) is 19.1 Å². The highest BCUT2D eigenvalue weighted by Gasteiger charge is 2.42. The Bertz CT molecular complexity index is 1210. The number of anilines is 1. The molecule has 0 bridgehead atoms. The summed E-state index contributed by atoms with van der Waals surface area (Å²) in [5, 5.41) is 9.81. The van der Waals surface area contributed by atoms with Gasteiger partial charge in [-0.05, 0) is 22.3 Å². The van der Waals surface area contributed by atoms with Gasteiger partial charge in [-0.15, -0.1) is 0 Å². The third-order valence-electron chi connectivity index (χ3n) is 6.40. The summed E-state index contributed by atoms with van der Waals surface area (Å²) >= 11 is 0. The Balaban J connectivity index is 1.45. The number of carbonyl (C=O) groups excluding carboxylic acids is 1. The summed E-state index contributed by atoms with van der Waals surface area (Å²) in [5.74, 6) is -0.287. The van der Waals surface area contributed by atoms with Crippen LogP contribution in [0.25, 0.3) is 11.1 Å². The van der Waals surface area contributed by atoms with E-state index >= 15 is 0 Å². The van der Waals surface area contributed by atoms with Crippen molar-refractivity contribution in [3.8, 4) is 22.6 Å². The number of hydrogen-bond acceptors (Lipinski definition) is 5. The lowest BCUT2D eigenvalue weighted by Crippen LogP contribution is -2.43. The van der Waals surface area contributed by atoms with Gasteiger partial charge < -0.3 is 19.3 Å². The van der Waals surface area contributed by atoms with Gasteiger partial charge in [-0.25, -0.2) is 9.59 Å². The maximum atomic E-state index is 13.3. The number of ether oxygens (including phenoxy) is 3. The molecule has 0 saturated carbocycles. The first-order valence-corrected chi connectivity index (χ1v) is 10.7. The van der Waals surface area contributed by atoms with Crippen LogP contribution in [0.4, 0.5) is 10.5 Å². The number of carbonyl (C=O) groups is 2. The minimum Gasteiger partial charge on any atom is -0.497 e. The molecule has 3 aromatic carbocycles. The van der Waals surface area contributed by atoms with E-state index in [9.17, 15) is 14.7 Å². The van der Waals surface area contributed by atoms with Crippen molar-refractivity contribution in [2.24, 2.45) is 0 Å². The molecule has 5 rings (SSSR count). The second kappa shape index (κ2) is 8.16. The van der Waals surface area contributed by atoms with Crippen molar-refractivity contribution >= 4 is 17.7 Å². The smallest absolute Gasteiger partial charge is 0.415 e. The molecule has 1 aliphatic carbocycles. The van der Waals surface area contributed by atoms with E-state index in [2.05, 4.69) is 12.1 Å². The summed E-state index contributed by atoms with van der Waals surface area (Å²) in [6.07, 6.45) is -0.583. The number of methoxy groups -OCH3 is 2. The lowest BCUT2D eigenvalue weighted by atomic mass is 9.98. The molecule has 33 heavy (non-hydrogen) atoms. The van der Waals surface area contributed by atoms with Crippen molar-refractivity contribution in [2.45, 2.75) is 18.4 Å². The molecule has 0 radical (unpaired) electrons. The molecule has 2 aliphatic rings. The molecular formula is C26H23NO6. The molecule has 0 fully saturated rings. The summed E-state index contributed by atoms with van der Waals surface area (Å²) in [7, 11) is 3.00. The molecule has 7 nitrogen and oxygen atoms in total. The standard InChI is InChI=1S/C26H23NO6/c1-31-15-11-22-20(24(12-15)32-2)13-23(25(28)29)27(22)26(30)33-14-21-18-9-5-3-7-16(18)17-8-4-6-10-19(17)21/h3-12,21,23H,13-14H2,1-2H3,(H,28,29). The molecule has 1 unspecified atom stereocenters. The Morgan fingerprint density at radius 2 is 1.61 bits per heavy atom. The van der Waals surface area contributed by atoms with Gasteiger partial charge in [0.25, 0.3) is 0 Å². The van der Waals surface area contributed by atoms with E-state index in [-0.39, 0.29) is 18.9 Å². The SMILES string of the molecule is COc1cc(OC)c2c(c1)N(C(=O)OCC1c3ccccc3-c3ccccc31)C(C(=O)O)C2. The predicted molar refractivity (Wildman–Crippen MR) is 122 cm³/mol. The van der Waals surface area contributed by atoms with Crippen LogP contribution in [0.1, 0.15) is 22.6 Å². The minimum absolute atomic E-state index is 0.103. The number of benzene rings is 3. The third kappa shape index (κ3) is 3.36. The van der Waals surface area contributed by atoms with E-state index in [1.54, 1.807) is 12.1 Å². The fraction of sp³-hybridized carbons (Fsp3) is 0.231. The molecular weight excluding hydrogens is 422 g/mol. The molecule has 1 N–H and O–H groups in total. The van der Waals surface area contributed by atoms with Gasteiger partial charge in [0.2, 0.25) is 0 Å². The molecule has 0 spiro atoms. The summed E-state index contributed by atoms with van der Waals surface area (Å²) in [5.41, 5.74) is 5.49. The highest BCUT2D eigenvalue weighted by atomic mass is 16.6. The summed E-state index contributed by atoms with van der Waals surface area (Å²) in [6.45, 7) is 0.103.